The van der Waals surface area contributed by atoms with Crippen molar-refractivity contribution < 1.29 is 4.79 Å². The van der Waals surface area contributed by atoms with Crippen LogP contribution in [0.2, 0.25) is 0 Å². The lowest BCUT2D eigenvalue weighted by molar-refractivity contribution is -0.134. The minimum absolute atomic E-state index is 0.415. The van der Waals surface area contributed by atoms with Gasteiger partial charge in [0, 0.05) is 12.3 Å². The van der Waals surface area contributed by atoms with Crippen LogP contribution in [0.5, 0.6) is 0 Å². The van der Waals surface area contributed by atoms with E-state index in [-0.39, 0.29) is 0 Å². The van der Waals surface area contributed by atoms with E-state index in [2.05, 4.69) is 13.8 Å². The number of Topliss-reactive ketones (excluding diaryl/α,β-unsaturated/α-hetero) is 1. The van der Waals surface area contributed by atoms with Gasteiger partial charge in [0.2, 0.25) is 0 Å². The molecule has 0 spiro atoms. The van der Waals surface area contributed by atoms with Crippen molar-refractivity contribution in [2.75, 3.05) is 0 Å². The van der Waals surface area contributed by atoms with Crippen molar-refractivity contribution >= 4 is 5.78 Å². The van der Waals surface area contributed by atoms with Crippen LogP contribution in [-0.4, -0.2) is 5.78 Å². The second-order valence-electron chi connectivity index (χ2n) is 4.01. The molecule has 0 saturated heterocycles. The third kappa shape index (κ3) is 0.943. The highest BCUT2D eigenvalue weighted by atomic mass is 16.1. The van der Waals surface area contributed by atoms with Gasteiger partial charge in [-0.15, -0.1) is 0 Å². The number of carbonyl (C=O) groups excluding carboxylic acids is 1. The first-order valence-electron chi connectivity index (χ1n) is 4.36. The molecule has 2 aliphatic carbocycles. The number of fused-ring (bicyclic) bond motifs is 1. The quantitative estimate of drug-likeness (QED) is 0.484. The maximum Gasteiger partial charge on any atom is 0.136 e. The molecule has 2 aliphatic rings. The predicted octanol–water partition coefficient (Wildman–Crippen LogP) is 2.32. The summed E-state index contributed by atoms with van der Waals surface area (Å²) in [6.07, 6.45) is 3.09. The van der Waals surface area contributed by atoms with Crippen LogP contribution < -0.4 is 0 Å². The van der Waals surface area contributed by atoms with E-state index in [1.165, 1.54) is 17.6 Å². The third-order valence-electron chi connectivity index (χ3n) is 3.27. The number of allylic oxidation sites excluding steroid dienone is 2. The van der Waals surface area contributed by atoms with Gasteiger partial charge in [-0.25, -0.2) is 0 Å². The molecule has 2 rings (SSSR count). The average Bonchev–Trinajstić information content (AvgIpc) is 1.97. The topological polar surface area (TPSA) is 17.1 Å². The van der Waals surface area contributed by atoms with E-state index in [0.717, 1.165) is 12.8 Å². The molecule has 0 aromatic heterocycles. The molecule has 1 fully saturated rings. The van der Waals surface area contributed by atoms with E-state index >= 15 is 0 Å². The number of ketones is 1. The smallest absolute Gasteiger partial charge is 0.136 e. The van der Waals surface area contributed by atoms with E-state index in [4.69, 9.17) is 0 Å². The van der Waals surface area contributed by atoms with Gasteiger partial charge in [-0.1, -0.05) is 11.1 Å². The van der Waals surface area contributed by atoms with E-state index in [0.29, 0.717) is 17.6 Å². The first-order chi connectivity index (χ1) is 5.18. The van der Waals surface area contributed by atoms with Gasteiger partial charge in [-0.05, 0) is 32.6 Å². The highest BCUT2D eigenvalue weighted by molar-refractivity contribution is 5.88. The zero-order valence-corrected chi connectivity index (χ0v) is 7.18. The predicted molar refractivity (Wildman–Crippen MR) is 44.2 cm³/mol. The van der Waals surface area contributed by atoms with Crippen molar-refractivity contribution in [3.63, 3.8) is 0 Å². The van der Waals surface area contributed by atoms with Crippen LogP contribution in [0, 0.1) is 11.8 Å². The largest absolute Gasteiger partial charge is 0.299 e. The first-order valence-corrected chi connectivity index (χ1v) is 4.36. The van der Waals surface area contributed by atoms with Crippen LogP contribution in [0.25, 0.3) is 0 Å². The van der Waals surface area contributed by atoms with Crippen LogP contribution in [0.3, 0.4) is 0 Å². The van der Waals surface area contributed by atoms with E-state index < -0.39 is 0 Å². The Balaban J connectivity index is 2.18. The fourth-order valence-electron chi connectivity index (χ4n) is 2.22. The standard InChI is InChI=1S/C10H14O/c1-6-3-8-5-10(11)9(8)4-7(6)2/h8-9H,3-5H2,1-2H3/t8-,9-/m0/s1. The van der Waals surface area contributed by atoms with Crippen molar-refractivity contribution in [3.8, 4) is 0 Å². The summed E-state index contributed by atoms with van der Waals surface area (Å²) in [5.74, 6) is 1.63. The van der Waals surface area contributed by atoms with Crippen molar-refractivity contribution in [2.24, 2.45) is 11.8 Å². The molecule has 1 nitrogen and oxygen atoms in total. The molecule has 60 valence electrons. The average molecular weight is 150 g/mol. The lowest BCUT2D eigenvalue weighted by atomic mass is 9.63. The molecule has 2 atom stereocenters. The summed E-state index contributed by atoms with van der Waals surface area (Å²) in [6.45, 7) is 4.37. The van der Waals surface area contributed by atoms with Crippen LogP contribution in [0.15, 0.2) is 11.1 Å². The molecule has 0 aromatic rings. The summed E-state index contributed by atoms with van der Waals surface area (Å²) < 4.78 is 0. The Morgan fingerprint density at radius 3 is 2.36 bits per heavy atom. The molecule has 0 heterocycles. The number of hydrogen-bond acceptors (Lipinski definition) is 1. The maximum atomic E-state index is 11.1. The monoisotopic (exact) mass is 150 g/mol. The van der Waals surface area contributed by atoms with Gasteiger partial charge in [0.05, 0.1) is 0 Å². The number of carbonyl (C=O) groups is 1. The van der Waals surface area contributed by atoms with Crippen LogP contribution >= 0.6 is 0 Å². The van der Waals surface area contributed by atoms with Gasteiger partial charge in [-0.2, -0.15) is 0 Å². The normalized spacial score (nSPS) is 36.7. The van der Waals surface area contributed by atoms with Gasteiger partial charge in [0.1, 0.15) is 5.78 Å². The summed E-state index contributed by atoms with van der Waals surface area (Å²) in [4.78, 5) is 11.1. The van der Waals surface area contributed by atoms with E-state index in [9.17, 15) is 4.79 Å². The summed E-state index contributed by atoms with van der Waals surface area (Å²) in [5.41, 5.74) is 2.98. The van der Waals surface area contributed by atoms with Crippen molar-refractivity contribution in [1.82, 2.24) is 0 Å². The molecule has 0 unspecified atom stereocenters. The Hall–Kier alpha value is -0.590. The first kappa shape index (κ1) is 7.08. The third-order valence-corrected chi connectivity index (χ3v) is 3.27. The Morgan fingerprint density at radius 1 is 1.09 bits per heavy atom. The van der Waals surface area contributed by atoms with Crippen molar-refractivity contribution in [2.45, 2.75) is 33.1 Å². The number of rotatable bonds is 0. The molecule has 0 radical (unpaired) electrons. The minimum atomic E-state index is 0.415. The van der Waals surface area contributed by atoms with Crippen LogP contribution in [0.4, 0.5) is 0 Å². The van der Waals surface area contributed by atoms with Crippen molar-refractivity contribution in [1.29, 1.82) is 0 Å². The minimum Gasteiger partial charge on any atom is -0.299 e. The highest BCUT2D eigenvalue weighted by Crippen LogP contribution is 2.44. The molecular weight excluding hydrogens is 136 g/mol. The number of hydrogen-bond donors (Lipinski definition) is 0. The van der Waals surface area contributed by atoms with Gasteiger partial charge in [0.25, 0.3) is 0 Å². The Kier molecular flexibility index (Phi) is 1.41. The highest BCUT2D eigenvalue weighted by Gasteiger charge is 2.41. The van der Waals surface area contributed by atoms with Gasteiger partial charge in [-0.3, -0.25) is 4.79 Å². The Labute approximate surface area is 67.5 Å². The Bertz CT molecular complexity index is 237. The fraction of sp³-hybridized carbons (Fsp3) is 0.700. The van der Waals surface area contributed by atoms with E-state index in [1.54, 1.807) is 0 Å². The lowest BCUT2D eigenvalue weighted by Gasteiger charge is -2.39. The maximum absolute atomic E-state index is 11.1. The molecule has 0 amide bonds. The summed E-state index contributed by atoms with van der Waals surface area (Å²) in [5, 5.41) is 0. The van der Waals surface area contributed by atoms with Gasteiger partial charge in [0.15, 0.2) is 0 Å². The zero-order chi connectivity index (χ0) is 8.01. The second-order valence-corrected chi connectivity index (χ2v) is 4.01. The molecule has 0 aromatic carbocycles. The molecular formula is C10H14O. The zero-order valence-electron chi connectivity index (χ0n) is 7.18. The van der Waals surface area contributed by atoms with Crippen LogP contribution in [-0.2, 0) is 4.79 Å². The summed E-state index contributed by atoms with van der Waals surface area (Å²) in [6, 6.07) is 0. The van der Waals surface area contributed by atoms with Crippen LogP contribution in [0.1, 0.15) is 33.1 Å². The summed E-state index contributed by atoms with van der Waals surface area (Å²) >= 11 is 0. The molecule has 0 bridgehead atoms. The summed E-state index contributed by atoms with van der Waals surface area (Å²) in [7, 11) is 0. The van der Waals surface area contributed by atoms with Crippen molar-refractivity contribution in [3.05, 3.63) is 11.1 Å². The molecule has 1 saturated carbocycles. The lowest BCUT2D eigenvalue weighted by Crippen LogP contribution is -2.39. The van der Waals surface area contributed by atoms with Gasteiger partial charge >= 0.3 is 0 Å². The second kappa shape index (κ2) is 2.20. The molecule has 1 heteroatoms. The van der Waals surface area contributed by atoms with Gasteiger partial charge < -0.3 is 0 Å². The molecule has 11 heavy (non-hydrogen) atoms. The molecule has 0 N–H and O–H groups in total. The molecule has 0 aliphatic heterocycles. The fourth-order valence-corrected chi connectivity index (χ4v) is 2.22. The Morgan fingerprint density at radius 2 is 1.73 bits per heavy atom. The SMILES string of the molecule is CC1=C(C)C[C@@H]2C(=O)C[C@@H]2C1. The van der Waals surface area contributed by atoms with E-state index in [1.807, 2.05) is 0 Å².